The molecule has 1 aromatic carbocycles. The van der Waals surface area contributed by atoms with Crippen molar-refractivity contribution in [3.8, 4) is 5.75 Å². The Morgan fingerprint density at radius 1 is 1.48 bits per heavy atom. The number of rotatable bonds is 6. The number of nitro benzene ring substituents is 1. The first-order valence-electron chi connectivity index (χ1n) is 6.37. The summed E-state index contributed by atoms with van der Waals surface area (Å²) in [6.45, 7) is 4.09. The van der Waals surface area contributed by atoms with E-state index in [9.17, 15) is 10.1 Å². The van der Waals surface area contributed by atoms with Crippen molar-refractivity contribution >= 4 is 21.6 Å². The van der Waals surface area contributed by atoms with Crippen molar-refractivity contribution in [1.82, 2.24) is 14.8 Å². The summed E-state index contributed by atoms with van der Waals surface area (Å²) < 4.78 is 7.31. The molecule has 0 unspecified atom stereocenters. The predicted molar refractivity (Wildman–Crippen MR) is 80.5 cm³/mol. The molecule has 0 saturated heterocycles. The highest BCUT2D eigenvalue weighted by molar-refractivity contribution is 9.08. The molecule has 7 nitrogen and oxygen atoms in total. The van der Waals surface area contributed by atoms with Gasteiger partial charge in [0.05, 0.1) is 4.92 Å². The molecule has 0 amide bonds. The van der Waals surface area contributed by atoms with Gasteiger partial charge in [0.2, 0.25) is 0 Å². The largest absolute Gasteiger partial charge is 0.479 e. The summed E-state index contributed by atoms with van der Waals surface area (Å²) in [6.07, 6.45) is 1.45. The van der Waals surface area contributed by atoms with E-state index in [-0.39, 0.29) is 24.1 Å². The lowest BCUT2D eigenvalue weighted by atomic mass is 10.2. The quantitative estimate of drug-likeness (QED) is 0.451. The summed E-state index contributed by atoms with van der Waals surface area (Å²) in [5, 5.41) is 15.7. The smallest absolute Gasteiger partial charge is 0.310 e. The zero-order chi connectivity index (χ0) is 15.4. The molecular formula is C13H15BrN4O3. The molecule has 1 heterocycles. The third-order valence-corrected chi connectivity index (χ3v) is 3.52. The molecule has 0 aliphatic heterocycles. The number of nitrogens with zero attached hydrogens (tertiary/aromatic N) is 4. The van der Waals surface area contributed by atoms with Crippen LogP contribution >= 0.6 is 15.9 Å². The van der Waals surface area contributed by atoms with Crippen LogP contribution in [0.1, 0.15) is 31.3 Å². The van der Waals surface area contributed by atoms with Gasteiger partial charge in [-0.25, -0.2) is 9.67 Å². The first kappa shape index (κ1) is 15.4. The minimum absolute atomic E-state index is 0.0599. The lowest BCUT2D eigenvalue weighted by Crippen LogP contribution is -2.11. The summed E-state index contributed by atoms with van der Waals surface area (Å²) in [5.41, 5.74) is 0.844. The van der Waals surface area contributed by atoms with Crippen molar-refractivity contribution in [2.24, 2.45) is 0 Å². The lowest BCUT2D eigenvalue weighted by molar-refractivity contribution is -0.386. The zero-order valence-electron chi connectivity index (χ0n) is 11.7. The van der Waals surface area contributed by atoms with Crippen LogP contribution in [0.3, 0.4) is 0 Å². The van der Waals surface area contributed by atoms with Gasteiger partial charge < -0.3 is 4.74 Å². The van der Waals surface area contributed by atoms with Crippen LogP contribution in [0.5, 0.6) is 5.75 Å². The number of nitro groups is 1. The van der Waals surface area contributed by atoms with E-state index in [2.05, 4.69) is 26.0 Å². The zero-order valence-corrected chi connectivity index (χ0v) is 13.3. The molecule has 0 atom stereocenters. The number of hydrogen-bond acceptors (Lipinski definition) is 5. The van der Waals surface area contributed by atoms with E-state index < -0.39 is 4.92 Å². The predicted octanol–water partition coefficient (Wildman–Crippen LogP) is 3.24. The van der Waals surface area contributed by atoms with Gasteiger partial charge in [0.25, 0.3) is 0 Å². The molecule has 0 N–H and O–H groups in total. The fourth-order valence-corrected chi connectivity index (χ4v) is 2.21. The molecule has 8 heteroatoms. The van der Waals surface area contributed by atoms with E-state index in [0.717, 1.165) is 5.56 Å². The van der Waals surface area contributed by atoms with Crippen molar-refractivity contribution in [1.29, 1.82) is 0 Å². The van der Waals surface area contributed by atoms with Gasteiger partial charge in [-0.1, -0.05) is 22.0 Å². The molecule has 2 rings (SSSR count). The van der Waals surface area contributed by atoms with Crippen molar-refractivity contribution in [2.75, 3.05) is 0 Å². The second-order valence-corrected chi connectivity index (χ2v) is 5.26. The van der Waals surface area contributed by atoms with Gasteiger partial charge >= 0.3 is 5.69 Å². The van der Waals surface area contributed by atoms with E-state index in [1.165, 1.54) is 12.4 Å². The molecule has 0 aliphatic carbocycles. The summed E-state index contributed by atoms with van der Waals surface area (Å²) in [5.74, 6) is 0.860. The van der Waals surface area contributed by atoms with E-state index in [1.807, 2.05) is 13.8 Å². The molecule has 0 spiro atoms. The monoisotopic (exact) mass is 354 g/mol. The maximum atomic E-state index is 11.0. The van der Waals surface area contributed by atoms with Crippen LogP contribution < -0.4 is 4.74 Å². The Morgan fingerprint density at radius 2 is 2.24 bits per heavy atom. The number of ether oxygens (including phenoxy) is 1. The number of hydrogen-bond donors (Lipinski definition) is 0. The molecule has 0 aliphatic rings. The second-order valence-electron chi connectivity index (χ2n) is 4.70. The molecule has 0 bridgehead atoms. The molecular weight excluding hydrogens is 340 g/mol. The van der Waals surface area contributed by atoms with Crippen molar-refractivity contribution < 1.29 is 9.66 Å². The first-order chi connectivity index (χ1) is 10.0. The highest BCUT2D eigenvalue weighted by Crippen LogP contribution is 2.29. The normalized spacial score (nSPS) is 10.9. The Morgan fingerprint density at radius 3 is 2.86 bits per heavy atom. The van der Waals surface area contributed by atoms with Gasteiger partial charge in [0.1, 0.15) is 12.9 Å². The Balaban J connectivity index is 2.22. The highest BCUT2D eigenvalue weighted by atomic mass is 79.9. The molecule has 0 saturated carbocycles. The van der Waals surface area contributed by atoms with Gasteiger partial charge in [-0.2, -0.15) is 5.10 Å². The highest BCUT2D eigenvalue weighted by Gasteiger charge is 2.17. The molecule has 21 heavy (non-hydrogen) atoms. The maximum absolute atomic E-state index is 11.0. The standard InChI is InChI=1S/C13H15BrN4O3/c1-9(2)17-13(15-8-16-17)7-21-12-5-10(6-14)3-4-11(12)18(19)20/h3-5,8-9H,6-7H2,1-2H3. The van der Waals surface area contributed by atoms with E-state index in [0.29, 0.717) is 11.2 Å². The van der Waals surface area contributed by atoms with Crippen molar-refractivity contribution in [3.63, 3.8) is 0 Å². The van der Waals surface area contributed by atoms with Crippen molar-refractivity contribution in [2.45, 2.75) is 31.8 Å². The summed E-state index contributed by atoms with van der Waals surface area (Å²) >= 11 is 3.32. The average molecular weight is 355 g/mol. The van der Waals surface area contributed by atoms with Gasteiger partial charge in [0, 0.05) is 17.4 Å². The minimum atomic E-state index is -0.458. The van der Waals surface area contributed by atoms with Gasteiger partial charge in [0.15, 0.2) is 11.6 Å². The minimum Gasteiger partial charge on any atom is -0.479 e. The number of aromatic nitrogens is 3. The van der Waals surface area contributed by atoms with E-state index in [1.54, 1.807) is 16.8 Å². The Kier molecular flexibility index (Phi) is 4.89. The summed E-state index contributed by atoms with van der Waals surface area (Å²) in [4.78, 5) is 14.7. The number of alkyl halides is 1. The Labute approximate surface area is 130 Å². The summed E-state index contributed by atoms with van der Waals surface area (Å²) in [6, 6.07) is 4.94. The van der Waals surface area contributed by atoms with E-state index in [4.69, 9.17) is 4.74 Å². The van der Waals surface area contributed by atoms with Gasteiger partial charge in [-0.05, 0) is 25.5 Å². The molecule has 0 radical (unpaired) electrons. The van der Waals surface area contributed by atoms with Crippen LogP contribution in [0.2, 0.25) is 0 Å². The SMILES string of the molecule is CC(C)n1ncnc1COc1cc(CBr)ccc1[N+](=O)[O-]. The molecule has 0 fully saturated rings. The van der Waals surface area contributed by atoms with Crippen LogP contribution in [0, 0.1) is 10.1 Å². The van der Waals surface area contributed by atoms with Gasteiger partial charge in [-0.3, -0.25) is 10.1 Å². The second kappa shape index (κ2) is 6.66. The summed E-state index contributed by atoms with van der Waals surface area (Å²) in [7, 11) is 0. The Bertz CT molecular complexity index is 642. The third-order valence-electron chi connectivity index (χ3n) is 2.87. The fourth-order valence-electron chi connectivity index (χ4n) is 1.86. The average Bonchev–Trinajstić information content (AvgIpc) is 2.93. The van der Waals surface area contributed by atoms with E-state index >= 15 is 0 Å². The molecule has 2 aromatic rings. The lowest BCUT2D eigenvalue weighted by Gasteiger charge is -2.11. The molecule has 1 aromatic heterocycles. The van der Waals surface area contributed by atoms with Crippen LogP contribution in [-0.2, 0) is 11.9 Å². The topological polar surface area (TPSA) is 83.1 Å². The van der Waals surface area contributed by atoms with Crippen LogP contribution in [-0.4, -0.2) is 19.7 Å². The number of halogens is 1. The maximum Gasteiger partial charge on any atom is 0.310 e. The van der Waals surface area contributed by atoms with Gasteiger partial charge in [-0.15, -0.1) is 0 Å². The third kappa shape index (κ3) is 3.57. The Hall–Kier alpha value is -1.96. The fraction of sp³-hybridized carbons (Fsp3) is 0.385. The molecule has 112 valence electrons. The van der Waals surface area contributed by atoms with Crippen LogP contribution in [0.15, 0.2) is 24.5 Å². The van der Waals surface area contributed by atoms with Crippen LogP contribution in [0.4, 0.5) is 5.69 Å². The van der Waals surface area contributed by atoms with Crippen molar-refractivity contribution in [3.05, 3.63) is 46.0 Å². The van der Waals surface area contributed by atoms with Crippen LogP contribution in [0.25, 0.3) is 0 Å². The first-order valence-corrected chi connectivity index (χ1v) is 7.49. The number of benzene rings is 1.